The molecule has 0 radical (unpaired) electrons. The van der Waals surface area contributed by atoms with E-state index in [1.165, 1.54) is 6.08 Å². The summed E-state index contributed by atoms with van der Waals surface area (Å²) in [6, 6.07) is 0. The molecule has 3 heteroatoms. The van der Waals surface area contributed by atoms with Crippen molar-refractivity contribution in [3.63, 3.8) is 0 Å². The standard InChI is InChI=1S/C4H8O.C3H6O.C2H4O/c1-2-3-4-5;1-2-3-4;1-2-3/h2-3,5H,4H2,1H3;2,4H,1,3H2;2-3H,1H2. The lowest BCUT2D eigenvalue weighted by atomic mass is 10.6. The quantitative estimate of drug-likeness (QED) is 0.438. The number of hydrogen-bond donors (Lipinski definition) is 3. The Labute approximate surface area is 74.0 Å². The maximum atomic E-state index is 7.98. The Morgan fingerprint density at radius 2 is 1.50 bits per heavy atom. The molecule has 72 valence electrons. The minimum Gasteiger partial charge on any atom is -0.516 e. The van der Waals surface area contributed by atoms with Crippen molar-refractivity contribution in [1.29, 1.82) is 0 Å². The SMILES string of the molecule is C=CCO.C=CO.CC=CCO. The molecule has 12 heavy (non-hydrogen) atoms. The number of hydrogen-bond acceptors (Lipinski definition) is 3. The van der Waals surface area contributed by atoms with Crippen molar-refractivity contribution < 1.29 is 15.3 Å². The lowest BCUT2D eigenvalue weighted by Crippen LogP contribution is -1.65. The molecular formula is C9H18O3. The van der Waals surface area contributed by atoms with Gasteiger partial charge in [-0.05, 0) is 6.92 Å². The van der Waals surface area contributed by atoms with E-state index in [0.29, 0.717) is 0 Å². The Kier molecular flexibility index (Phi) is 46.5. The molecule has 0 aliphatic rings. The van der Waals surface area contributed by atoms with Gasteiger partial charge >= 0.3 is 0 Å². The summed E-state index contributed by atoms with van der Waals surface area (Å²) >= 11 is 0. The molecule has 0 aromatic rings. The lowest BCUT2D eigenvalue weighted by molar-refractivity contribution is 0.342. The monoisotopic (exact) mass is 174 g/mol. The number of rotatable bonds is 2. The lowest BCUT2D eigenvalue weighted by Gasteiger charge is -1.66. The molecule has 0 aromatic carbocycles. The van der Waals surface area contributed by atoms with E-state index in [4.69, 9.17) is 15.3 Å². The molecule has 0 saturated heterocycles. The minimum atomic E-state index is 0.0833. The maximum absolute atomic E-state index is 7.98. The van der Waals surface area contributed by atoms with Gasteiger partial charge < -0.3 is 15.3 Å². The van der Waals surface area contributed by atoms with Crippen molar-refractivity contribution in [3.05, 3.63) is 37.6 Å². The predicted molar refractivity (Wildman–Crippen MR) is 52.0 cm³/mol. The van der Waals surface area contributed by atoms with E-state index in [9.17, 15) is 0 Å². The first kappa shape index (κ1) is 17.1. The summed E-state index contributed by atoms with van der Waals surface area (Å²) in [5.74, 6) is 0. The van der Waals surface area contributed by atoms with Crippen molar-refractivity contribution >= 4 is 0 Å². The van der Waals surface area contributed by atoms with E-state index in [2.05, 4.69) is 13.2 Å². The van der Waals surface area contributed by atoms with E-state index in [1.807, 2.05) is 6.92 Å². The van der Waals surface area contributed by atoms with Gasteiger partial charge in [0, 0.05) is 0 Å². The van der Waals surface area contributed by atoms with Gasteiger partial charge in [-0.3, -0.25) is 0 Å². The van der Waals surface area contributed by atoms with Crippen molar-refractivity contribution in [2.24, 2.45) is 0 Å². The van der Waals surface area contributed by atoms with E-state index in [1.54, 1.807) is 12.2 Å². The van der Waals surface area contributed by atoms with Crippen LogP contribution in [0.3, 0.4) is 0 Å². The molecule has 0 atom stereocenters. The van der Waals surface area contributed by atoms with Crippen LogP contribution in [-0.2, 0) is 0 Å². The minimum absolute atomic E-state index is 0.0833. The normalized spacial score (nSPS) is 7.25. The molecule has 0 aromatic heterocycles. The summed E-state index contributed by atoms with van der Waals surface area (Å²) in [5.41, 5.74) is 0. The molecular weight excluding hydrogens is 156 g/mol. The summed E-state index contributed by atoms with van der Waals surface area (Å²) < 4.78 is 0. The summed E-state index contributed by atoms with van der Waals surface area (Å²) in [6.45, 7) is 8.26. The van der Waals surface area contributed by atoms with Gasteiger partial charge in [0.05, 0.1) is 19.5 Å². The highest BCUT2D eigenvalue weighted by Crippen LogP contribution is 1.60. The smallest absolute Gasteiger partial charge is 0.0719 e. The molecule has 0 fully saturated rings. The van der Waals surface area contributed by atoms with E-state index < -0.39 is 0 Å². The Bertz CT molecular complexity index is 97.9. The van der Waals surface area contributed by atoms with Gasteiger partial charge in [0.25, 0.3) is 0 Å². The average molecular weight is 174 g/mol. The zero-order valence-electron chi connectivity index (χ0n) is 7.48. The van der Waals surface area contributed by atoms with Crippen LogP contribution in [0.5, 0.6) is 0 Å². The van der Waals surface area contributed by atoms with Crippen LogP contribution >= 0.6 is 0 Å². The fourth-order valence-electron chi connectivity index (χ4n) is 0.105. The molecule has 0 saturated carbocycles. The Morgan fingerprint density at radius 3 is 1.50 bits per heavy atom. The van der Waals surface area contributed by atoms with Crippen LogP contribution in [0.1, 0.15) is 6.92 Å². The molecule has 0 aliphatic carbocycles. The third kappa shape index (κ3) is 150. The van der Waals surface area contributed by atoms with Gasteiger partial charge in [-0.2, -0.15) is 0 Å². The molecule has 3 N–H and O–H groups in total. The van der Waals surface area contributed by atoms with E-state index in [0.717, 1.165) is 6.26 Å². The Morgan fingerprint density at radius 1 is 1.17 bits per heavy atom. The van der Waals surface area contributed by atoms with Crippen molar-refractivity contribution in [2.45, 2.75) is 6.92 Å². The zero-order chi connectivity index (χ0) is 10.2. The van der Waals surface area contributed by atoms with Crippen LogP contribution in [0.15, 0.2) is 37.6 Å². The predicted octanol–water partition coefficient (Wildman–Crippen LogP) is 1.41. The topological polar surface area (TPSA) is 60.7 Å². The highest BCUT2D eigenvalue weighted by atomic mass is 16.3. The highest BCUT2D eigenvalue weighted by molar-refractivity contribution is 4.74. The summed E-state index contributed by atoms with van der Waals surface area (Å²) in [7, 11) is 0. The molecule has 0 aliphatic heterocycles. The molecule has 0 unspecified atom stereocenters. The summed E-state index contributed by atoms with van der Waals surface area (Å²) in [6.07, 6.45) is 5.67. The van der Waals surface area contributed by atoms with Crippen LogP contribution in [0, 0.1) is 0 Å². The van der Waals surface area contributed by atoms with Crippen molar-refractivity contribution in [2.75, 3.05) is 13.2 Å². The van der Waals surface area contributed by atoms with E-state index in [-0.39, 0.29) is 13.2 Å². The van der Waals surface area contributed by atoms with Gasteiger partial charge in [-0.25, -0.2) is 0 Å². The fraction of sp³-hybridized carbons (Fsp3) is 0.333. The van der Waals surface area contributed by atoms with Gasteiger partial charge in [0.1, 0.15) is 0 Å². The summed E-state index contributed by atoms with van der Waals surface area (Å²) in [5, 5.41) is 23.1. The second-order valence-corrected chi connectivity index (χ2v) is 1.41. The van der Waals surface area contributed by atoms with Crippen LogP contribution in [-0.4, -0.2) is 28.5 Å². The average Bonchev–Trinajstić information content (AvgIpc) is 2.08. The zero-order valence-corrected chi connectivity index (χ0v) is 7.48. The Balaban J connectivity index is -0.000000105. The number of aliphatic hydroxyl groups is 3. The number of aliphatic hydroxyl groups excluding tert-OH is 3. The second-order valence-electron chi connectivity index (χ2n) is 1.41. The molecule has 0 heterocycles. The van der Waals surface area contributed by atoms with Crippen LogP contribution in [0.4, 0.5) is 0 Å². The third-order valence-electron chi connectivity index (χ3n) is 0.470. The van der Waals surface area contributed by atoms with Gasteiger partial charge in [-0.1, -0.05) is 24.8 Å². The van der Waals surface area contributed by atoms with Crippen LogP contribution in [0.2, 0.25) is 0 Å². The largest absolute Gasteiger partial charge is 0.516 e. The maximum Gasteiger partial charge on any atom is 0.0719 e. The van der Waals surface area contributed by atoms with Crippen LogP contribution in [0.25, 0.3) is 0 Å². The first-order valence-electron chi connectivity index (χ1n) is 3.43. The number of allylic oxidation sites excluding steroid dienone is 1. The highest BCUT2D eigenvalue weighted by Gasteiger charge is 1.52. The first-order chi connectivity index (χ1) is 5.74. The van der Waals surface area contributed by atoms with E-state index >= 15 is 0 Å². The first-order valence-corrected chi connectivity index (χ1v) is 3.43. The fourth-order valence-corrected chi connectivity index (χ4v) is 0.105. The van der Waals surface area contributed by atoms with Crippen LogP contribution < -0.4 is 0 Å². The van der Waals surface area contributed by atoms with Gasteiger partial charge in [-0.15, -0.1) is 6.58 Å². The molecule has 0 spiro atoms. The van der Waals surface area contributed by atoms with Gasteiger partial charge in [0.15, 0.2) is 0 Å². The molecule has 0 rings (SSSR count). The second kappa shape index (κ2) is 32.6. The Hall–Kier alpha value is -1.06. The van der Waals surface area contributed by atoms with Crippen molar-refractivity contribution in [1.82, 2.24) is 0 Å². The molecule has 0 amide bonds. The third-order valence-corrected chi connectivity index (χ3v) is 0.470. The molecule has 3 nitrogen and oxygen atoms in total. The van der Waals surface area contributed by atoms with Crippen molar-refractivity contribution in [3.8, 4) is 0 Å². The van der Waals surface area contributed by atoms with Gasteiger partial charge in [0.2, 0.25) is 0 Å². The summed E-state index contributed by atoms with van der Waals surface area (Å²) in [4.78, 5) is 0. The molecule has 0 bridgehead atoms.